The smallest absolute Gasteiger partial charge is 0.321 e. The Kier molecular flexibility index (Phi) is 12.6. The van der Waals surface area contributed by atoms with Gasteiger partial charge in [0.25, 0.3) is 0 Å². The third-order valence-corrected chi connectivity index (χ3v) is 8.16. The van der Waals surface area contributed by atoms with E-state index in [1.54, 1.807) is 0 Å². The van der Waals surface area contributed by atoms with Crippen LogP contribution in [0.15, 0.2) is 0 Å². The Morgan fingerprint density at radius 2 is 1.14 bits per heavy atom. The maximum absolute atomic E-state index is 12.4. The van der Waals surface area contributed by atoms with Crippen LogP contribution in [0.25, 0.3) is 0 Å². The highest BCUT2D eigenvalue weighted by Gasteiger charge is 2.35. The van der Waals surface area contributed by atoms with Crippen molar-refractivity contribution < 1.29 is 23.8 Å². The normalized spacial score (nSPS) is 13.0. The number of hydrogen-bond acceptors (Lipinski definition) is 7. The van der Waals surface area contributed by atoms with E-state index >= 15 is 0 Å². The third-order valence-electron chi connectivity index (χ3n) is 3.61. The first-order valence-corrected chi connectivity index (χ1v) is 11.1. The van der Waals surface area contributed by atoms with Gasteiger partial charge in [0.2, 0.25) is 0 Å². The largest absolute Gasteiger partial charge is 0.396 e. The van der Waals surface area contributed by atoms with Gasteiger partial charge >= 0.3 is 8.25 Å². The molecule has 0 aliphatic carbocycles. The van der Waals surface area contributed by atoms with E-state index in [-0.39, 0.29) is 13.2 Å². The van der Waals surface area contributed by atoms with Gasteiger partial charge in [-0.3, -0.25) is 13.6 Å². The summed E-state index contributed by atoms with van der Waals surface area (Å²) >= 11 is 2.97. The molecule has 8 heteroatoms. The fourth-order valence-electron chi connectivity index (χ4n) is 2.04. The lowest BCUT2D eigenvalue weighted by Crippen LogP contribution is -2.29. The summed E-state index contributed by atoms with van der Waals surface area (Å²) < 4.78 is 24.0. The van der Waals surface area contributed by atoms with E-state index in [4.69, 9.17) is 19.3 Å². The number of aliphatic hydroxyl groups excluding tert-OH is 2. The van der Waals surface area contributed by atoms with Crippen molar-refractivity contribution in [3.05, 3.63) is 0 Å². The lowest BCUT2D eigenvalue weighted by molar-refractivity contribution is 0.0878. The average Bonchev–Trinajstić information content (AvgIpc) is 2.55. The highest BCUT2D eigenvalue weighted by Crippen LogP contribution is 2.48. The number of hydrogen-bond donors (Lipinski definition) is 2. The Bertz CT molecular complexity index is 282. The van der Waals surface area contributed by atoms with Gasteiger partial charge in [-0.1, -0.05) is 27.7 Å². The zero-order valence-electron chi connectivity index (χ0n) is 14.1. The molecule has 0 bridgehead atoms. The van der Waals surface area contributed by atoms with Crippen LogP contribution >= 0.6 is 31.8 Å². The Hall–Kier alpha value is 0.770. The van der Waals surface area contributed by atoms with Gasteiger partial charge in [-0.05, 0) is 25.7 Å². The van der Waals surface area contributed by atoms with Gasteiger partial charge in [0.1, 0.15) is 9.87 Å². The van der Waals surface area contributed by atoms with Gasteiger partial charge in [-0.15, -0.1) is 23.5 Å². The molecule has 0 saturated carbocycles. The Labute approximate surface area is 143 Å². The molecular formula is C14H31O5PS2. The molecule has 0 amide bonds. The van der Waals surface area contributed by atoms with Crippen LogP contribution in [0.1, 0.15) is 53.4 Å². The quantitative estimate of drug-likeness (QED) is 0.353. The van der Waals surface area contributed by atoms with Crippen molar-refractivity contribution in [2.45, 2.75) is 63.2 Å². The first-order chi connectivity index (χ1) is 10.5. The number of thioether (sulfide) groups is 2. The zero-order chi connectivity index (χ0) is 17.1. The predicted molar refractivity (Wildman–Crippen MR) is 96.9 cm³/mol. The first-order valence-electron chi connectivity index (χ1n) is 7.88. The minimum Gasteiger partial charge on any atom is -0.396 e. The van der Waals surface area contributed by atoms with E-state index in [1.807, 2.05) is 27.7 Å². The Morgan fingerprint density at radius 3 is 1.36 bits per heavy atom. The Balaban J connectivity index is 4.84. The molecule has 0 radical (unpaired) electrons. The Morgan fingerprint density at radius 1 is 0.818 bits per heavy atom. The topological polar surface area (TPSA) is 76.0 Å². The van der Waals surface area contributed by atoms with Gasteiger partial charge < -0.3 is 10.2 Å². The van der Waals surface area contributed by atoms with Crippen molar-refractivity contribution in [3.8, 4) is 0 Å². The molecule has 0 saturated heterocycles. The summed E-state index contributed by atoms with van der Waals surface area (Å²) in [5.41, 5.74) is 0. The molecule has 0 aliphatic heterocycles. The van der Waals surface area contributed by atoms with E-state index in [0.29, 0.717) is 37.2 Å². The van der Waals surface area contributed by atoms with Crippen LogP contribution in [0.2, 0.25) is 0 Å². The second-order valence-electron chi connectivity index (χ2n) is 4.83. The summed E-state index contributed by atoms with van der Waals surface area (Å²) in [4.78, 5) is -1.15. The maximum atomic E-state index is 12.4. The summed E-state index contributed by atoms with van der Waals surface area (Å²) in [5.74, 6) is 1.09. The highest BCUT2D eigenvalue weighted by molar-refractivity contribution is 8.01. The fraction of sp³-hybridized carbons (Fsp3) is 1.00. The molecule has 0 heterocycles. The molecule has 0 aromatic rings. The third kappa shape index (κ3) is 7.56. The van der Waals surface area contributed by atoms with Crippen molar-refractivity contribution in [2.75, 3.05) is 24.7 Å². The predicted octanol–water partition coefficient (Wildman–Crippen LogP) is 3.89. The van der Waals surface area contributed by atoms with Crippen LogP contribution in [0.5, 0.6) is 0 Å². The maximum Gasteiger partial charge on any atom is 0.321 e. The summed E-state index contributed by atoms with van der Waals surface area (Å²) in [6.07, 6.45) is 2.79. The van der Waals surface area contributed by atoms with Crippen LogP contribution in [0.3, 0.4) is 0 Å². The van der Waals surface area contributed by atoms with Crippen LogP contribution in [-0.2, 0) is 13.6 Å². The van der Waals surface area contributed by atoms with Crippen LogP contribution < -0.4 is 0 Å². The van der Waals surface area contributed by atoms with E-state index < -0.39 is 18.1 Å². The van der Waals surface area contributed by atoms with Crippen molar-refractivity contribution >= 4 is 31.8 Å². The van der Waals surface area contributed by atoms with Gasteiger partial charge in [-0.2, -0.15) is 0 Å². The van der Waals surface area contributed by atoms with Gasteiger partial charge in [0.15, 0.2) is 0 Å². The van der Waals surface area contributed by atoms with Crippen molar-refractivity contribution in [1.29, 1.82) is 0 Å². The average molecular weight is 375 g/mol. The highest BCUT2D eigenvalue weighted by atomic mass is 32.2. The zero-order valence-corrected chi connectivity index (χ0v) is 16.7. The minimum absolute atomic E-state index is 0.0672. The van der Waals surface area contributed by atoms with Gasteiger partial charge in [0, 0.05) is 11.5 Å². The lowest BCUT2D eigenvalue weighted by Gasteiger charge is -2.34. The second-order valence-corrected chi connectivity index (χ2v) is 8.62. The number of rotatable bonds is 14. The summed E-state index contributed by atoms with van der Waals surface area (Å²) in [6.45, 7) is 8.06. The van der Waals surface area contributed by atoms with Crippen LogP contribution in [-0.4, -0.2) is 44.8 Å². The van der Waals surface area contributed by atoms with Crippen LogP contribution in [0.4, 0.5) is 0 Å². The molecule has 0 atom stereocenters. The van der Waals surface area contributed by atoms with Crippen LogP contribution in [0, 0.1) is 0 Å². The molecule has 0 aromatic heterocycles. The molecule has 22 heavy (non-hydrogen) atoms. The second kappa shape index (κ2) is 12.2. The molecule has 2 N–H and O–H groups in total. The summed E-state index contributed by atoms with van der Waals surface area (Å²) in [7, 11) is -2.67. The molecule has 0 aromatic carbocycles. The lowest BCUT2D eigenvalue weighted by atomic mass is 10.2. The molecule has 0 fully saturated rings. The van der Waals surface area contributed by atoms with Crippen molar-refractivity contribution in [1.82, 2.24) is 0 Å². The molecule has 0 unspecified atom stereocenters. The van der Waals surface area contributed by atoms with Crippen molar-refractivity contribution in [2.24, 2.45) is 0 Å². The van der Waals surface area contributed by atoms with E-state index in [2.05, 4.69) is 0 Å². The molecule has 134 valence electrons. The van der Waals surface area contributed by atoms with E-state index in [9.17, 15) is 4.57 Å². The summed E-state index contributed by atoms with van der Waals surface area (Å²) in [5, 5.41) is 18.0. The summed E-state index contributed by atoms with van der Waals surface area (Å²) in [6, 6.07) is 0. The first kappa shape index (κ1) is 22.8. The molecular weight excluding hydrogens is 343 g/mol. The van der Waals surface area contributed by atoms with E-state index in [0.717, 1.165) is 0 Å². The van der Waals surface area contributed by atoms with E-state index in [1.165, 1.54) is 23.5 Å². The van der Waals surface area contributed by atoms with Crippen molar-refractivity contribution in [3.63, 3.8) is 0 Å². The van der Waals surface area contributed by atoms with Gasteiger partial charge in [-0.25, -0.2) is 0 Å². The molecule has 0 aliphatic rings. The van der Waals surface area contributed by atoms with Gasteiger partial charge in [0.05, 0.1) is 13.2 Å². The number of aliphatic hydroxyl groups is 2. The SMILES string of the molecule is CCC(CC)(O[PH](=O)OC(CC)(CC)SCCO)SCCO. The molecule has 0 spiro atoms. The fourth-order valence-corrected chi connectivity index (χ4v) is 5.89. The standard InChI is InChI=1S/C14H31O5PS2/c1-5-13(6-2,21-11-9-15)18-20(17)19-14(7-3,8-4)22-12-10-16/h15-16,20H,5-12H2,1-4H3. The monoisotopic (exact) mass is 374 g/mol. The molecule has 5 nitrogen and oxygen atoms in total. The minimum atomic E-state index is -2.67. The molecule has 0 rings (SSSR count).